The molecule has 0 spiro atoms. The van der Waals surface area contributed by atoms with E-state index in [1.165, 1.54) is 0 Å². The lowest BCUT2D eigenvalue weighted by Gasteiger charge is -2.07. The average molecular weight is 298 g/mol. The Balaban J connectivity index is 2.18. The average Bonchev–Trinajstić information content (AvgIpc) is 2.93. The lowest BCUT2D eigenvalue weighted by atomic mass is 10.1. The van der Waals surface area contributed by atoms with Gasteiger partial charge in [-0.3, -0.25) is 4.79 Å². The molecule has 0 unspecified atom stereocenters. The van der Waals surface area contributed by atoms with Crippen molar-refractivity contribution in [1.29, 1.82) is 0 Å². The van der Waals surface area contributed by atoms with E-state index < -0.39 is 0 Å². The molecule has 0 atom stereocenters. The molecular formula is C16H12ClN3O. The summed E-state index contributed by atoms with van der Waals surface area (Å²) >= 11 is 5.91. The molecule has 0 aliphatic rings. The van der Waals surface area contributed by atoms with Gasteiger partial charge in [-0.2, -0.15) is 0 Å². The molecule has 104 valence electrons. The normalized spacial score (nSPS) is 10.6. The molecule has 1 aromatic heterocycles. The van der Waals surface area contributed by atoms with Crippen LogP contribution in [0.5, 0.6) is 0 Å². The van der Waals surface area contributed by atoms with E-state index >= 15 is 0 Å². The van der Waals surface area contributed by atoms with E-state index in [4.69, 9.17) is 11.6 Å². The van der Waals surface area contributed by atoms with E-state index in [9.17, 15) is 4.79 Å². The molecule has 0 fully saturated rings. The van der Waals surface area contributed by atoms with Crippen molar-refractivity contribution >= 4 is 17.9 Å². The maximum atomic E-state index is 11.2. The van der Waals surface area contributed by atoms with E-state index in [0.717, 1.165) is 16.8 Å². The number of aldehydes is 1. The summed E-state index contributed by atoms with van der Waals surface area (Å²) in [5.41, 5.74) is 3.81. The van der Waals surface area contributed by atoms with Crippen LogP contribution in [-0.4, -0.2) is 21.3 Å². The molecule has 1 heterocycles. The monoisotopic (exact) mass is 297 g/mol. The SMILES string of the molecule is Cc1ccc(-n2nnc(C=O)c2-c2ccc(Cl)cc2)cc1. The van der Waals surface area contributed by atoms with Crippen molar-refractivity contribution in [2.45, 2.75) is 6.92 Å². The van der Waals surface area contributed by atoms with Gasteiger partial charge >= 0.3 is 0 Å². The summed E-state index contributed by atoms with van der Waals surface area (Å²) < 4.78 is 1.66. The summed E-state index contributed by atoms with van der Waals surface area (Å²) in [6, 6.07) is 15.1. The van der Waals surface area contributed by atoms with Crippen LogP contribution in [0.3, 0.4) is 0 Å². The van der Waals surface area contributed by atoms with Crippen molar-refractivity contribution in [3.8, 4) is 16.9 Å². The third-order valence-electron chi connectivity index (χ3n) is 3.20. The number of hydrogen-bond acceptors (Lipinski definition) is 3. The standard InChI is InChI=1S/C16H12ClN3O/c1-11-2-8-14(9-3-11)20-16(15(10-21)18-19-20)12-4-6-13(17)7-5-12/h2-10H,1H3. The number of carbonyl (C=O) groups is 1. The lowest BCUT2D eigenvalue weighted by molar-refractivity contribution is 0.111. The number of halogens is 1. The first kappa shape index (κ1) is 13.5. The van der Waals surface area contributed by atoms with E-state index in [0.29, 0.717) is 22.7 Å². The maximum Gasteiger partial charge on any atom is 0.172 e. The Bertz CT molecular complexity index is 776. The zero-order valence-corrected chi connectivity index (χ0v) is 12.1. The Hall–Kier alpha value is -2.46. The third-order valence-corrected chi connectivity index (χ3v) is 3.46. The maximum absolute atomic E-state index is 11.2. The zero-order chi connectivity index (χ0) is 14.8. The molecule has 0 amide bonds. The fourth-order valence-corrected chi connectivity index (χ4v) is 2.24. The number of aryl methyl sites for hydroxylation is 1. The summed E-state index contributed by atoms with van der Waals surface area (Å²) in [5, 5.41) is 8.67. The van der Waals surface area contributed by atoms with Crippen LogP contribution in [0.15, 0.2) is 48.5 Å². The fraction of sp³-hybridized carbons (Fsp3) is 0.0625. The van der Waals surface area contributed by atoms with Gasteiger partial charge in [0.15, 0.2) is 12.0 Å². The van der Waals surface area contributed by atoms with E-state index in [1.54, 1.807) is 16.8 Å². The van der Waals surface area contributed by atoms with Crippen molar-refractivity contribution < 1.29 is 4.79 Å². The molecule has 5 heteroatoms. The summed E-state index contributed by atoms with van der Waals surface area (Å²) in [4.78, 5) is 11.2. The van der Waals surface area contributed by atoms with Crippen LogP contribution >= 0.6 is 11.6 Å². The van der Waals surface area contributed by atoms with Crippen molar-refractivity contribution in [2.24, 2.45) is 0 Å². The molecule has 0 N–H and O–H groups in total. The predicted octanol–water partition coefficient (Wildman–Crippen LogP) is 3.71. The number of aromatic nitrogens is 3. The molecule has 0 saturated carbocycles. The highest BCUT2D eigenvalue weighted by Gasteiger charge is 2.15. The van der Waals surface area contributed by atoms with Crippen molar-refractivity contribution in [2.75, 3.05) is 0 Å². The summed E-state index contributed by atoms with van der Waals surface area (Å²) in [5.74, 6) is 0. The second kappa shape index (κ2) is 5.50. The smallest absolute Gasteiger partial charge is 0.172 e. The van der Waals surface area contributed by atoms with Gasteiger partial charge in [0.05, 0.1) is 5.69 Å². The second-order valence-electron chi connectivity index (χ2n) is 4.70. The van der Waals surface area contributed by atoms with Crippen LogP contribution in [-0.2, 0) is 0 Å². The third kappa shape index (κ3) is 2.58. The minimum absolute atomic E-state index is 0.304. The predicted molar refractivity (Wildman–Crippen MR) is 81.9 cm³/mol. The second-order valence-corrected chi connectivity index (χ2v) is 5.13. The van der Waals surface area contributed by atoms with Crippen molar-refractivity contribution in [1.82, 2.24) is 15.0 Å². The van der Waals surface area contributed by atoms with Gasteiger partial charge in [-0.05, 0) is 31.2 Å². The number of nitrogens with zero attached hydrogens (tertiary/aromatic N) is 3. The van der Waals surface area contributed by atoms with E-state index in [-0.39, 0.29) is 0 Å². The molecule has 0 radical (unpaired) electrons. The molecule has 3 aromatic rings. The van der Waals surface area contributed by atoms with Gasteiger partial charge in [0.1, 0.15) is 5.69 Å². The Morgan fingerprint density at radius 2 is 1.71 bits per heavy atom. The Morgan fingerprint density at radius 1 is 1.05 bits per heavy atom. The number of rotatable bonds is 3. The van der Waals surface area contributed by atoms with Gasteiger partial charge in [0, 0.05) is 10.6 Å². The Kier molecular flexibility index (Phi) is 3.54. The van der Waals surface area contributed by atoms with Gasteiger partial charge in [-0.15, -0.1) is 5.10 Å². The molecular weight excluding hydrogens is 286 g/mol. The van der Waals surface area contributed by atoms with Crippen LogP contribution in [0, 0.1) is 6.92 Å². The minimum Gasteiger partial charge on any atom is -0.296 e. The number of carbonyl (C=O) groups excluding carboxylic acids is 1. The minimum atomic E-state index is 0.304. The first-order chi connectivity index (χ1) is 10.2. The van der Waals surface area contributed by atoms with Gasteiger partial charge in [0.25, 0.3) is 0 Å². The fourth-order valence-electron chi connectivity index (χ4n) is 2.12. The summed E-state index contributed by atoms with van der Waals surface area (Å²) in [7, 11) is 0. The Morgan fingerprint density at radius 3 is 2.33 bits per heavy atom. The van der Waals surface area contributed by atoms with Gasteiger partial charge in [-0.25, -0.2) is 4.68 Å². The van der Waals surface area contributed by atoms with Gasteiger partial charge < -0.3 is 0 Å². The van der Waals surface area contributed by atoms with Crippen molar-refractivity contribution in [3.05, 3.63) is 64.8 Å². The molecule has 0 aliphatic carbocycles. The van der Waals surface area contributed by atoms with Gasteiger partial charge in [-0.1, -0.05) is 46.6 Å². The topological polar surface area (TPSA) is 47.8 Å². The molecule has 3 rings (SSSR count). The molecule has 0 bridgehead atoms. The summed E-state index contributed by atoms with van der Waals surface area (Å²) in [6.07, 6.45) is 0.710. The Labute approximate surface area is 127 Å². The van der Waals surface area contributed by atoms with E-state index in [1.807, 2.05) is 43.3 Å². The van der Waals surface area contributed by atoms with Gasteiger partial charge in [0.2, 0.25) is 0 Å². The molecule has 0 aliphatic heterocycles. The quantitative estimate of drug-likeness (QED) is 0.692. The van der Waals surface area contributed by atoms with Crippen LogP contribution in [0.25, 0.3) is 16.9 Å². The first-order valence-corrected chi connectivity index (χ1v) is 6.80. The van der Waals surface area contributed by atoms with Crippen LogP contribution in [0.1, 0.15) is 16.1 Å². The first-order valence-electron chi connectivity index (χ1n) is 6.43. The highest BCUT2D eigenvalue weighted by molar-refractivity contribution is 6.30. The van der Waals surface area contributed by atoms with Crippen molar-refractivity contribution in [3.63, 3.8) is 0 Å². The van der Waals surface area contributed by atoms with Crippen LogP contribution in [0.4, 0.5) is 0 Å². The molecule has 2 aromatic carbocycles. The lowest BCUT2D eigenvalue weighted by Crippen LogP contribution is -2.00. The number of benzene rings is 2. The highest BCUT2D eigenvalue weighted by atomic mass is 35.5. The zero-order valence-electron chi connectivity index (χ0n) is 11.3. The molecule has 4 nitrogen and oxygen atoms in total. The number of hydrogen-bond donors (Lipinski definition) is 0. The van der Waals surface area contributed by atoms with E-state index in [2.05, 4.69) is 10.3 Å². The highest BCUT2D eigenvalue weighted by Crippen LogP contribution is 2.25. The largest absolute Gasteiger partial charge is 0.296 e. The molecule has 21 heavy (non-hydrogen) atoms. The summed E-state index contributed by atoms with van der Waals surface area (Å²) in [6.45, 7) is 2.02. The molecule has 0 saturated heterocycles. The van der Waals surface area contributed by atoms with Crippen LogP contribution in [0.2, 0.25) is 5.02 Å². The van der Waals surface area contributed by atoms with Crippen LogP contribution < -0.4 is 0 Å².